The van der Waals surface area contributed by atoms with Crippen LogP contribution in [0.3, 0.4) is 0 Å². The monoisotopic (exact) mass is 413 g/mol. The van der Waals surface area contributed by atoms with Gasteiger partial charge < -0.3 is 19.2 Å². The van der Waals surface area contributed by atoms with E-state index >= 15 is 0 Å². The van der Waals surface area contributed by atoms with Crippen molar-refractivity contribution in [1.29, 1.82) is 0 Å². The molecule has 1 aliphatic carbocycles. The van der Waals surface area contributed by atoms with E-state index in [9.17, 15) is 9.59 Å². The van der Waals surface area contributed by atoms with Gasteiger partial charge in [-0.15, -0.1) is 0 Å². The lowest BCUT2D eigenvalue weighted by Crippen LogP contribution is -2.19. The van der Waals surface area contributed by atoms with Gasteiger partial charge in [0, 0.05) is 29.2 Å². The summed E-state index contributed by atoms with van der Waals surface area (Å²) >= 11 is 0. The van der Waals surface area contributed by atoms with E-state index in [0.29, 0.717) is 36.3 Å². The van der Waals surface area contributed by atoms with E-state index < -0.39 is 0 Å². The highest BCUT2D eigenvalue weighted by atomic mass is 16.5. The number of methoxy groups -OCH3 is 2. The molecule has 0 fully saturated rings. The molecule has 1 N–H and O–H groups in total. The molecule has 0 amide bonds. The Morgan fingerprint density at radius 3 is 2.63 bits per heavy atom. The van der Waals surface area contributed by atoms with Gasteiger partial charge in [0.1, 0.15) is 17.2 Å². The van der Waals surface area contributed by atoms with Crippen molar-refractivity contribution in [2.24, 2.45) is 0 Å². The molecule has 1 aliphatic rings. The van der Waals surface area contributed by atoms with Crippen LogP contribution in [0.1, 0.15) is 82.6 Å². The van der Waals surface area contributed by atoms with E-state index in [1.807, 2.05) is 25.1 Å². The number of ketones is 1. The number of aromatic amines is 1. The average Bonchev–Trinajstić information content (AvgIpc) is 3.09. The van der Waals surface area contributed by atoms with Crippen molar-refractivity contribution in [3.8, 4) is 11.5 Å². The van der Waals surface area contributed by atoms with Crippen LogP contribution in [-0.2, 0) is 11.2 Å². The van der Waals surface area contributed by atoms with Gasteiger partial charge in [-0.3, -0.25) is 4.79 Å². The van der Waals surface area contributed by atoms with Crippen molar-refractivity contribution >= 4 is 11.8 Å². The molecule has 6 heteroatoms. The van der Waals surface area contributed by atoms with Crippen molar-refractivity contribution < 1.29 is 23.8 Å². The van der Waals surface area contributed by atoms with Crippen LogP contribution in [0.2, 0.25) is 0 Å². The van der Waals surface area contributed by atoms with Crippen LogP contribution < -0.4 is 9.47 Å². The zero-order chi connectivity index (χ0) is 21.7. The molecule has 0 aliphatic heterocycles. The molecular weight excluding hydrogens is 382 g/mol. The normalized spacial score (nSPS) is 15.6. The summed E-state index contributed by atoms with van der Waals surface area (Å²) < 4.78 is 16.3. The largest absolute Gasteiger partial charge is 0.497 e. The molecule has 0 saturated heterocycles. The maximum absolute atomic E-state index is 13.0. The first-order chi connectivity index (χ1) is 14.5. The fourth-order valence-corrected chi connectivity index (χ4v) is 4.18. The molecule has 1 atom stereocenters. The van der Waals surface area contributed by atoms with Crippen LogP contribution in [0.4, 0.5) is 0 Å². The third-order valence-electron chi connectivity index (χ3n) is 5.80. The Balaban J connectivity index is 1.80. The lowest BCUT2D eigenvalue weighted by Gasteiger charge is -2.24. The van der Waals surface area contributed by atoms with Crippen molar-refractivity contribution in [2.75, 3.05) is 20.8 Å². The SMILES string of the molecule is CCCCCCOC(=O)c1[nH]c2c(c1C)C(=O)C[C@@H](c1cc(OC)ccc1OC)C2. The van der Waals surface area contributed by atoms with Crippen LogP contribution in [0, 0.1) is 6.92 Å². The number of carbonyl (C=O) groups is 2. The molecule has 0 radical (unpaired) electrons. The molecule has 0 saturated carbocycles. The van der Waals surface area contributed by atoms with Crippen molar-refractivity contribution in [3.05, 3.63) is 46.3 Å². The topological polar surface area (TPSA) is 77.6 Å². The smallest absolute Gasteiger partial charge is 0.355 e. The van der Waals surface area contributed by atoms with E-state index in [4.69, 9.17) is 14.2 Å². The van der Waals surface area contributed by atoms with Crippen LogP contribution >= 0.6 is 0 Å². The maximum Gasteiger partial charge on any atom is 0.355 e. The lowest BCUT2D eigenvalue weighted by molar-refractivity contribution is 0.0490. The molecular formula is C24H31NO5. The van der Waals surface area contributed by atoms with E-state index in [0.717, 1.165) is 48.4 Å². The highest BCUT2D eigenvalue weighted by molar-refractivity contribution is 6.03. The predicted molar refractivity (Wildman–Crippen MR) is 115 cm³/mol. The molecule has 162 valence electrons. The van der Waals surface area contributed by atoms with Gasteiger partial charge in [0.15, 0.2) is 5.78 Å². The third kappa shape index (κ3) is 4.53. The Bertz CT molecular complexity index is 915. The number of aromatic nitrogens is 1. The Morgan fingerprint density at radius 2 is 1.93 bits per heavy atom. The lowest BCUT2D eigenvalue weighted by atomic mass is 9.81. The summed E-state index contributed by atoms with van der Waals surface area (Å²) in [5, 5.41) is 0. The number of benzene rings is 1. The average molecular weight is 414 g/mol. The predicted octanol–water partition coefficient (Wildman–Crippen LogP) is 4.99. The Kier molecular flexibility index (Phi) is 7.19. The highest BCUT2D eigenvalue weighted by Crippen LogP contribution is 2.40. The molecule has 0 unspecified atom stereocenters. The third-order valence-corrected chi connectivity index (χ3v) is 5.80. The zero-order valence-electron chi connectivity index (χ0n) is 18.3. The van der Waals surface area contributed by atoms with Crippen LogP contribution in [0.5, 0.6) is 11.5 Å². The fraction of sp³-hybridized carbons (Fsp3) is 0.500. The second-order valence-electron chi connectivity index (χ2n) is 7.81. The molecule has 1 aromatic heterocycles. The Hall–Kier alpha value is -2.76. The Labute approximate surface area is 177 Å². The number of H-pyrrole nitrogens is 1. The van der Waals surface area contributed by atoms with E-state index in [2.05, 4.69) is 11.9 Å². The summed E-state index contributed by atoms with van der Waals surface area (Å²) in [4.78, 5) is 28.7. The van der Waals surface area contributed by atoms with Gasteiger partial charge in [0.2, 0.25) is 0 Å². The first-order valence-electron chi connectivity index (χ1n) is 10.6. The molecule has 0 spiro atoms. The quantitative estimate of drug-likeness (QED) is 0.463. The van der Waals surface area contributed by atoms with Crippen LogP contribution in [0.25, 0.3) is 0 Å². The number of esters is 1. The zero-order valence-corrected chi connectivity index (χ0v) is 18.3. The summed E-state index contributed by atoms with van der Waals surface area (Å²) in [6, 6.07) is 5.62. The van der Waals surface area contributed by atoms with E-state index in [-0.39, 0.29) is 17.7 Å². The molecule has 30 heavy (non-hydrogen) atoms. The van der Waals surface area contributed by atoms with Gasteiger partial charge in [-0.05, 0) is 43.5 Å². The summed E-state index contributed by atoms with van der Waals surface area (Å²) in [7, 11) is 3.24. The minimum atomic E-state index is -0.387. The maximum atomic E-state index is 13.0. The van der Waals surface area contributed by atoms with Crippen molar-refractivity contribution in [1.82, 2.24) is 4.98 Å². The minimum absolute atomic E-state index is 0.0295. The van der Waals surface area contributed by atoms with E-state index in [1.54, 1.807) is 14.2 Å². The van der Waals surface area contributed by atoms with Gasteiger partial charge in [0.25, 0.3) is 0 Å². The second-order valence-corrected chi connectivity index (χ2v) is 7.81. The highest BCUT2D eigenvalue weighted by Gasteiger charge is 2.33. The molecule has 1 aromatic carbocycles. The minimum Gasteiger partial charge on any atom is -0.497 e. The Morgan fingerprint density at radius 1 is 1.13 bits per heavy atom. The number of ether oxygens (including phenoxy) is 3. The number of Topliss-reactive ketones (excluding diaryl/α,β-unsaturated/α-hetero) is 1. The van der Waals surface area contributed by atoms with Gasteiger partial charge >= 0.3 is 5.97 Å². The number of rotatable bonds is 9. The van der Waals surface area contributed by atoms with Gasteiger partial charge in [-0.25, -0.2) is 4.79 Å². The first kappa shape index (κ1) is 21.9. The second kappa shape index (κ2) is 9.83. The molecule has 3 rings (SSSR count). The molecule has 6 nitrogen and oxygen atoms in total. The summed E-state index contributed by atoms with van der Waals surface area (Å²) in [6.07, 6.45) is 5.16. The summed E-state index contributed by atoms with van der Waals surface area (Å²) in [5.41, 5.74) is 3.43. The van der Waals surface area contributed by atoms with E-state index in [1.165, 1.54) is 0 Å². The summed E-state index contributed by atoms with van der Waals surface area (Å²) in [5.74, 6) is 1.04. The molecule has 2 aromatic rings. The number of hydrogen-bond donors (Lipinski definition) is 1. The number of fused-ring (bicyclic) bond motifs is 1. The summed E-state index contributed by atoms with van der Waals surface area (Å²) in [6.45, 7) is 4.36. The number of hydrogen-bond acceptors (Lipinski definition) is 5. The van der Waals surface area contributed by atoms with Crippen molar-refractivity contribution in [2.45, 2.75) is 58.3 Å². The van der Waals surface area contributed by atoms with Gasteiger partial charge in [-0.1, -0.05) is 26.2 Å². The number of nitrogens with one attached hydrogen (secondary N) is 1. The number of unbranched alkanes of at least 4 members (excludes halogenated alkanes) is 3. The van der Waals surface area contributed by atoms with Crippen LogP contribution in [0.15, 0.2) is 18.2 Å². The first-order valence-corrected chi connectivity index (χ1v) is 10.6. The molecule has 0 bridgehead atoms. The fourth-order valence-electron chi connectivity index (χ4n) is 4.18. The van der Waals surface area contributed by atoms with Gasteiger partial charge in [0.05, 0.1) is 20.8 Å². The van der Waals surface area contributed by atoms with Crippen LogP contribution in [-0.4, -0.2) is 37.6 Å². The van der Waals surface area contributed by atoms with Gasteiger partial charge in [-0.2, -0.15) is 0 Å². The van der Waals surface area contributed by atoms with Crippen molar-refractivity contribution in [3.63, 3.8) is 0 Å². The standard InChI is InChI=1S/C24H31NO5/c1-5-6-7-8-11-30-24(27)23-15(2)22-19(25-23)12-16(13-20(22)26)18-14-17(28-3)9-10-21(18)29-4/h9-10,14,16,25H,5-8,11-13H2,1-4H3/t16-/m0/s1. The number of carbonyl (C=O) groups excluding carboxylic acids is 2. The molecule has 1 heterocycles.